The van der Waals surface area contributed by atoms with Crippen molar-refractivity contribution in [1.29, 1.82) is 0 Å². The first-order valence-corrected chi connectivity index (χ1v) is 4.89. The van der Waals surface area contributed by atoms with Crippen molar-refractivity contribution in [3.8, 4) is 0 Å². The molecule has 0 saturated heterocycles. The van der Waals surface area contributed by atoms with Gasteiger partial charge in [-0.3, -0.25) is 10.1 Å². The van der Waals surface area contributed by atoms with E-state index >= 15 is 0 Å². The Bertz CT molecular complexity index is 385. The molecule has 2 N–H and O–H groups in total. The zero-order valence-electron chi connectivity index (χ0n) is 8.66. The largest absolute Gasteiger partial charge is 0.325 e. The van der Waals surface area contributed by atoms with Crippen molar-refractivity contribution in [2.75, 3.05) is 0 Å². The number of benzene rings is 1. The van der Waals surface area contributed by atoms with Crippen LogP contribution in [-0.2, 0) is 6.42 Å². The van der Waals surface area contributed by atoms with Crippen molar-refractivity contribution in [3.05, 3.63) is 38.9 Å². The minimum Gasteiger partial charge on any atom is -0.325 e. The molecule has 0 saturated carbocycles. The fraction of sp³-hybridized carbons (Fsp3) is 0.400. The summed E-state index contributed by atoms with van der Waals surface area (Å²) in [7, 11) is 0. The van der Waals surface area contributed by atoms with Gasteiger partial charge in [-0.1, -0.05) is 17.7 Å². The number of nitrogens with zero attached hydrogens (tertiary/aromatic N) is 1. The number of halogens is 1. The van der Waals surface area contributed by atoms with Crippen LogP contribution in [0.2, 0.25) is 5.02 Å². The smallest absolute Gasteiger partial charge is 0.287 e. The first-order valence-electron chi connectivity index (χ1n) is 4.51. The third-order valence-corrected chi connectivity index (χ3v) is 2.17. The molecule has 0 bridgehead atoms. The van der Waals surface area contributed by atoms with Crippen LogP contribution in [0.25, 0.3) is 0 Å². The number of nitro groups is 1. The lowest BCUT2D eigenvalue weighted by Crippen LogP contribution is -2.34. The maximum absolute atomic E-state index is 10.5. The lowest BCUT2D eigenvalue weighted by Gasteiger charge is -2.18. The van der Waals surface area contributed by atoms with Crippen LogP contribution < -0.4 is 5.73 Å². The minimum atomic E-state index is -0.500. The highest BCUT2D eigenvalue weighted by atomic mass is 35.5. The molecule has 0 aliphatic rings. The molecule has 0 radical (unpaired) electrons. The van der Waals surface area contributed by atoms with Crippen molar-refractivity contribution in [2.24, 2.45) is 5.73 Å². The van der Waals surface area contributed by atoms with Crippen LogP contribution in [0.15, 0.2) is 18.2 Å². The monoisotopic (exact) mass is 228 g/mol. The highest BCUT2D eigenvalue weighted by Crippen LogP contribution is 2.26. The summed E-state index contributed by atoms with van der Waals surface area (Å²) in [6, 6.07) is 4.68. The number of hydrogen-bond acceptors (Lipinski definition) is 3. The molecule has 4 nitrogen and oxygen atoms in total. The summed E-state index contributed by atoms with van der Waals surface area (Å²) in [5.41, 5.74) is 6.32. The van der Waals surface area contributed by atoms with E-state index in [0.29, 0.717) is 6.42 Å². The maximum atomic E-state index is 10.5. The summed E-state index contributed by atoms with van der Waals surface area (Å²) < 4.78 is 0. The van der Waals surface area contributed by atoms with E-state index in [1.54, 1.807) is 12.1 Å². The molecular formula is C10H13ClN2O2. The Morgan fingerprint density at radius 1 is 1.53 bits per heavy atom. The maximum Gasteiger partial charge on any atom is 0.287 e. The molecule has 0 fully saturated rings. The predicted octanol–water partition coefficient (Wildman–Crippen LogP) is 2.53. The zero-order valence-corrected chi connectivity index (χ0v) is 9.41. The zero-order chi connectivity index (χ0) is 11.6. The van der Waals surface area contributed by atoms with Crippen LogP contribution in [-0.4, -0.2) is 10.5 Å². The lowest BCUT2D eigenvalue weighted by molar-refractivity contribution is -0.384. The van der Waals surface area contributed by atoms with Crippen LogP contribution in [0.5, 0.6) is 0 Å². The van der Waals surface area contributed by atoms with E-state index < -0.39 is 4.92 Å². The van der Waals surface area contributed by atoms with Crippen LogP contribution in [0.3, 0.4) is 0 Å². The van der Waals surface area contributed by atoms with Crippen molar-refractivity contribution in [2.45, 2.75) is 25.8 Å². The molecule has 1 aromatic carbocycles. The first kappa shape index (κ1) is 11.9. The molecule has 0 unspecified atom stereocenters. The van der Waals surface area contributed by atoms with Gasteiger partial charge in [0.05, 0.1) is 4.92 Å². The van der Waals surface area contributed by atoms with Crippen LogP contribution >= 0.6 is 11.6 Å². The van der Waals surface area contributed by atoms with Crippen LogP contribution in [0.1, 0.15) is 19.4 Å². The minimum absolute atomic E-state index is 0.0738. The molecule has 5 heteroatoms. The van der Waals surface area contributed by atoms with Gasteiger partial charge in [0.15, 0.2) is 0 Å². The molecule has 1 aromatic rings. The van der Waals surface area contributed by atoms with Gasteiger partial charge in [0, 0.05) is 11.6 Å². The second-order valence-electron chi connectivity index (χ2n) is 4.21. The summed E-state index contributed by atoms with van der Waals surface area (Å²) in [6.45, 7) is 3.78. The molecule has 0 atom stereocenters. The Morgan fingerprint density at radius 3 is 2.53 bits per heavy atom. The van der Waals surface area contributed by atoms with Gasteiger partial charge in [0.25, 0.3) is 5.69 Å². The molecule has 0 amide bonds. The van der Waals surface area contributed by atoms with Gasteiger partial charge in [-0.05, 0) is 31.9 Å². The molecule has 1 rings (SSSR count). The molecule has 0 aliphatic carbocycles. The third-order valence-electron chi connectivity index (χ3n) is 1.87. The summed E-state index contributed by atoms with van der Waals surface area (Å²) >= 11 is 5.77. The predicted molar refractivity (Wildman–Crippen MR) is 60.1 cm³/mol. The molecule has 0 aliphatic heterocycles. The molecule has 15 heavy (non-hydrogen) atoms. The van der Waals surface area contributed by atoms with Gasteiger partial charge in [-0.2, -0.15) is 0 Å². The Kier molecular flexibility index (Phi) is 3.31. The van der Waals surface area contributed by atoms with Crippen molar-refractivity contribution >= 4 is 17.3 Å². The van der Waals surface area contributed by atoms with Gasteiger partial charge in [-0.25, -0.2) is 0 Å². The highest BCUT2D eigenvalue weighted by molar-refractivity contribution is 6.32. The summed E-state index contributed by atoms with van der Waals surface area (Å²) in [5, 5.41) is 10.7. The van der Waals surface area contributed by atoms with E-state index in [1.807, 2.05) is 13.8 Å². The van der Waals surface area contributed by atoms with E-state index in [0.717, 1.165) is 5.56 Å². The number of hydrogen-bond donors (Lipinski definition) is 1. The first-order chi connectivity index (χ1) is 6.79. The third kappa shape index (κ3) is 3.49. The number of nitro benzene ring substituents is 1. The van der Waals surface area contributed by atoms with Gasteiger partial charge in [0.1, 0.15) is 5.02 Å². The van der Waals surface area contributed by atoms with E-state index in [1.165, 1.54) is 6.07 Å². The quantitative estimate of drug-likeness (QED) is 0.639. The molecule has 0 aromatic heterocycles. The van der Waals surface area contributed by atoms with Gasteiger partial charge in [-0.15, -0.1) is 0 Å². The van der Waals surface area contributed by atoms with Gasteiger partial charge >= 0.3 is 0 Å². The molecule has 0 heterocycles. The van der Waals surface area contributed by atoms with Crippen LogP contribution in [0.4, 0.5) is 5.69 Å². The van der Waals surface area contributed by atoms with Crippen LogP contribution in [0, 0.1) is 10.1 Å². The van der Waals surface area contributed by atoms with E-state index in [4.69, 9.17) is 17.3 Å². The molecule has 0 spiro atoms. The Balaban J connectivity index is 2.97. The summed E-state index contributed by atoms with van der Waals surface area (Å²) in [4.78, 5) is 10.0. The van der Waals surface area contributed by atoms with E-state index in [9.17, 15) is 10.1 Å². The molecular weight excluding hydrogens is 216 g/mol. The molecule has 82 valence electrons. The standard InChI is InChI=1S/C10H13ClN2O2/c1-10(2,12)6-7-3-4-9(13(14)15)8(11)5-7/h3-5H,6,12H2,1-2H3. The van der Waals surface area contributed by atoms with Gasteiger partial charge in [0.2, 0.25) is 0 Å². The summed E-state index contributed by atoms with van der Waals surface area (Å²) in [6.07, 6.45) is 0.630. The van der Waals surface area contributed by atoms with E-state index in [-0.39, 0.29) is 16.2 Å². The summed E-state index contributed by atoms with van der Waals surface area (Å²) in [5.74, 6) is 0. The Labute approximate surface area is 93.2 Å². The second-order valence-corrected chi connectivity index (χ2v) is 4.62. The highest BCUT2D eigenvalue weighted by Gasteiger charge is 2.16. The lowest BCUT2D eigenvalue weighted by atomic mass is 9.96. The number of rotatable bonds is 3. The Hall–Kier alpha value is -1.13. The fourth-order valence-corrected chi connectivity index (χ4v) is 1.61. The van der Waals surface area contributed by atoms with Crippen molar-refractivity contribution in [3.63, 3.8) is 0 Å². The van der Waals surface area contributed by atoms with Crippen molar-refractivity contribution in [1.82, 2.24) is 0 Å². The van der Waals surface area contributed by atoms with Gasteiger partial charge < -0.3 is 5.73 Å². The normalized spacial score (nSPS) is 11.5. The Morgan fingerprint density at radius 2 is 2.13 bits per heavy atom. The van der Waals surface area contributed by atoms with E-state index in [2.05, 4.69) is 0 Å². The SMILES string of the molecule is CC(C)(N)Cc1ccc([N+](=O)[O-])c(Cl)c1. The van der Waals surface area contributed by atoms with Crippen molar-refractivity contribution < 1.29 is 4.92 Å². The number of nitrogens with two attached hydrogens (primary N) is 1. The second kappa shape index (κ2) is 4.16. The fourth-order valence-electron chi connectivity index (χ4n) is 1.33. The average Bonchev–Trinajstić information content (AvgIpc) is 1.99. The topological polar surface area (TPSA) is 69.2 Å². The average molecular weight is 229 g/mol.